The molecule has 0 radical (unpaired) electrons. The van der Waals surface area contributed by atoms with Gasteiger partial charge in [-0.05, 0) is 13.0 Å². The van der Waals surface area contributed by atoms with Crippen molar-refractivity contribution in [2.24, 2.45) is 5.41 Å². The first-order valence-electron chi connectivity index (χ1n) is 5.89. The number of carbonyl (C=O) groups excluding carboxylic acids is 1. The second-order valence-electron chi connectivity index (χ2n) is 4.75. The Bertz CT molecular complexity index is 459. The summed E-state index contributed by atoms with van der Waals surface area (Å²) in [6, 6.07) is 0.763. The number of carboxylic acids is 1. The van der Waals surface area contributed by atoms with Gasteiger partial charge in [-0.15, -0.1) is 0 Å². The molecular formula is C12H16N2O5. The van der Waals surface area contributed by atoms with E-state index in [9.17, 15) is 14.7 Å². The molecule has 2 amide bonds. The van der Waals surface area contributed by atoms with Crippen molar-refractivity contribution in [3.05, 3.63) is 24.2 Å². The number of ether oxygens (including phenoxy) is 1. The van der Waals surface area contributed by atoms with Crippen LogP contribution in [0.2, 0.25) is 0 Å². The summed E-state index contributed by atoms with van der Waals surface area (Å²) in [5, 5.41) is 14.4. The van der Waals surface area contributed by atoms with Gasteiger partial charge in [0.25, 0.3) is 0 Å². The summed E-state index contributed by atoms with van der Waals surface area (Å²) < 4.78 is 10.0. The first kappa shape index (κ1) is 13.4. The second-order valence-corrected chi connectivity index (χ2v) is 4.75. The van der Waals surface area contributed by atoms with Crippen LogP contribution in [0.3, 0.4) is 0 Å². The molecule has 3 N–H and O–H groups in total. The molecule has 1 saturated heterocycles. The minimum absolute atomic E-state index is 0.0923. The molecule has 1 aliphatic rings. The lowest BCUT2D eigenvalue weighted by Gasteiger charge is -2.25. The molecule has 2 heterocycles. The Labute approximate surface area is 109 Å². The Balaban J connectivity index is 1.86. The summed E-state index contributed by atoms with van der Waals surface area (Å²) in [6.07, 6.45) is 3.04. The number of hydrogen-bond acceptors (Lipinski definition) is 4. The Morgan fingerprint density at radius 1 is 1.58 bits per heavy atom. The van der Waals surface area contributed by atoms with E-state index in [1.54, 1.807) is 13.0 Å². The van der Waals surface area contributed by atoms with Gasteiger partial charge in [-0.1, -0.05) is 0 Å². The second kappa shape index (κ2) is 5.31. The van der Waals surface area contributed by atoms with Crippen LogP contribution in [0, 0.1) is 5.41 Å². The fraction of sp³-hybridized carbons (Fsp3) is 0.500. The molecule has 0 aliphatic carbocycles. The third-order valence-corrected chi connectivity index (χ3v) is 3.28. The first-order valence-corrected chi connectivity index (χ1v) is 5.89. The SMILES string of the molecule is CC1(C(=O)O)COCC1NC(=O)NCc1ccoc1. The molecule has 1 aromatic rings. The van der Waals surface area contributed by atoms with Crippen molar-refractivity contribution in [2.75, 3.05) is 13.2 Å². The fourth-order valence-electron chi connectivity index (χ4n) is 1.87. The lowest BCUT2D eigenvalue weighted by molar-refractivity contribution is -0.148. The molecule has 19 heavy (non-hydrogen) atoms. The van der Waals surface area contributed by atoms with Gasteiger partial charge in [0, 0.05) is 12.1 Å². The number of aliphatic carboxylic acids is 1. The highest BCUT2D eigenvalue weighted by Crippen LogP contribution is 2.28. The van der Waals surface area contributed by atoms with E-state index in [0.717, 1.165) is 5.56 Å². The average molecular weight is 268 g/mol. The number of nitrogens with one attached hydrogen (secondary N) is 2. The van der Waals surface area contributed by atoms with Crippen LogP contribution in [0.4, 0.5) is 4.79 Å². The molecule has 2 unspecified atom stereocenters. The fourth-order valence-corrected chi connectivity index (χ4v) is 1.87. The molecule has 1 fully saturated rings. The van der Waals surface area contributed by atoms with Crippen LogP contribution < -0.4 is 10.6 Å². The monoisotopic (exact) mass is 268 g/mol. The summed E-state index contributed by atoms with van der Waals surface area (Å²) in [5.41, 5.74) is -0.258. The molecule has 7 nitrogen and oxygen atoms in total. The van der Waals surface area contributed by atoms with Crippen molar-refractivity contribution in [3.8, 4) is 0 Å². The predicted molar refractivity (Wildman–Crippen MR) is 64.4 cm³/mol. The van der Waals surface area contributed by atoms with E-state index in [1.807, 2.05) is 0 Å². The summed E-state index contributed by atoms with van der Waals surface area (Å²) >= 11 is 0. The van der Waals surface area contributed by atoms with E-state index in [2.05, 4.69) is 10.6 Å². The molecule has 0 saturated carbocycles. The number of furan rings is 1. The zero-order valence-corrected chi connectivity index (χ0v) is 10.5. The van der Waals surface area contributed by atoms with E-state index >= 15 is 0 Å². The molecule has 0 aromatic carbocycles. The molecule has 1 aliphatic heterocycles. The van der Waals surface area contributed by atoms with E-state index in [-0.39, 0.29) is 13.2 Å². The normalized spacial score (nSPS) is 26.1. The summed E-state index contributed by atoms with van der Waals surface area (Å²) in [5.74, 6) is -0.981. The molecular weight excluding hydrogens is 252 g/mol. The maximum absolute atomic E-state index is 11.7. The van der Waals surface area contributed by atoms with Crippen molar-refractivity contribution in [1.29, 1.82) is 0 Å². The number of rotatable bonds is 4. The van der Waals surface area contributed by atoms with Gasteiger partial charge in [0.1, 0.15) is 5.41 Å². The maximum Gasteiger partial charge on any atom is 0.315 e. The summed E-state index contributed by atoms with van der Waals surface area (Å²) in [4.78, 5) is 22.9. The van der Waals surface area contributed by atoms with Crippen molar-refractivity contribution in [1.82, 2.24) is 10.6 Å². The number of amides is 2. The highest BCUT2D eigenvalue weighted by atomic mass is 16.5. The Kier molecular flexibility index (Phi) is 3.75. The molecule has 0 spiro atoms. The third kappa shape index (κ3) is 2.87. The van der Waals surface area contributed by atoms with Gasteiger partial charge >= 0.3 is 12.0 Å². The highest BCUT2D eigenvalue weighted by molar-refractivity contribution is 5.79. The number of hydrogen-bond donors (Lipinski definition) is 3. The van der Waals surface area contributed by atoms with Gasteiger partial charge < -0.3 is 24.9 Å². The minimum atomic E-state index is -1.09. The van der Waals surface area contributed by atoms with Crippen LogP contribution in [-0.2, 0) is 16.1 Å². The van der Waals surface area contributed by atoms with Crippen LogP contribution in [0.5, 0.6) is 0 Å². The van der Waals surface area contributed by atoms with Crippen molar-refractivity contribution >= 4 is 12.0 Å². The van der Waals surface area contributed by atoms with E-state index in [4.69, 9.17) is 9.15 Å². The summed E-state index contributed by atoms with van der Waals surface area (Å²) in [6.45, 7) is 2.17. The topological polar surface area (TPSA) is 101 Å². The largest absolute Gasteiger partial charge is 0.481 e. The van der Waals surface area contributed by atoms with E-state index in [1.165, 1.54) is 12.5 Å². The van der Waals surface area contributed by atoms with Gasteiger partial charge in [-0.3, -0.25) is 4.79 Å². The molecule has 104 valence electrons. The van der Waals surface area contributed by atoms with Crippen LogP contribution in [0.15, 0.2) is 23.0 Å². The lowest BCUT2D eigenvalue weighted by atomic mass is 9.85. The van der Waals surface area contributed by atoms with Crippen LogP contribution >= 0.6 is 0 Å². The van der Waals surface area contributed by atoms with Gasteiger partial charge in [-0.25, -0.2) is 4.79 Å². The van der Waals surface area contributed by atoms with Crippen molar-refractivity contribution in [3.63, 3.8) is 0 Å². The van der Waals surface area contributed by atoms with Crippen molar-refractivity contribution < 1.29 is 23.8 Å². The van der Waals surface area contributed by atoms with E-state index < -0.39 is 23.5 Å². The zero-order chi connectivity index (χ0) is 13.9. The Hall–Kier alpha value is -2.02. The van der Waals surface area contributed by atoms with Gasteiger partial charge in [0.05, 0.1) is 31.8 Å². The molecule has 0 bridgehead atoms. The third-order valence-electron chi connectivity index (χ3n) is 3.28. The zero-order valence-electron chi connectivity index (χ0n) is 10.5. The van der Waals surface area contributed by atoms with E-state index in [0.29, 0.717) is 6.54 Å². The molecule has 2 atom stereocenters. The Morgan fingerprint density at radius 2 is 2.37 bits per heavy atom. The lowest BCUT2D eigenvalue weighted by Crippen LogP contribution is -2.52. The van der Waals surface area contributed by atoms with Gasteiger partial charge in [0.15, 0.2) is 0 Å². The molecule has 7 heteroatoms. The van der Waals surface area contributed by atoms with Crippen LogP contribution in [-0.4, -0.2) is 36.4 Å². The van der Waals surface area contributed by atoms with Crippen LogP contribution in [0.25, 0.3) is 0 Å². The average Bonchev–Trinajstić information content (AvgIpc) is 2.98. The summed E-state index contributed by atoms with van der Waals surface area (Å²) in [7, 11) is 0. The first-order chi connectivity index (χ1) is 9.02. The maximum atomic E-state index is 11.7. The van der Waals surface area contributed by atoms with Crippen molar-refractivity contribution in [2.45, 2.75) is 19.5 Å². The van der Waals surface area contributed by atoms with Gasteiger partial charge in [0.2, 0.25) is 0 Å². The minimum Gasteiger partial charge on any atom is -0.481 e. The standard InChI is InChI=1S/C12H16N2O5/c1-12(10(15)16)7-19-6-9(12)14-11(17)13-4-8-2-3-18-5-8/h2-3,5,9H,4,6-7H2,1H3,(H,15,16)(H2,13,14,17). The number of urea groups is 1. The molecule has 2 rings (SSSR count). The Morgan fingerprint density at radius 3 is 3.00 bits per heavy atom. The smallest absolute Gasteiger partial charge is 0.315 e. The predicted octanol–water partition coefficient (Wildman–Crippen LogP) is 0.568. The molecule has 1 aromatic heterocycles. The number of carboxylic acid groups (broad SMARTS) is 1. The van der Waals surface area contributed by atoms with Gasteiger partial charge in [-0.2, -0.15) is 0 Å². The number of carbonyl (C=O) groups is 2. The highest BCUT2D eigenvalue weighted by Gasteiger charge is 2.47. The quantitative estimate of drug-likeness (QED) is 0.741. The van der Waals surface area contributed by atoms with Crippen LogP contribution in [0.1, 0.15) is 12.5 Å².